The highest BCUT2D eigenvalue weighted by Gasteiger charge is 2.39. The number of carbonyl (C=O) groups is 1. The van der Waals surface area contributed by atoms with Gasteiger partial charge in [0.25, 0.3) is 5.91 Å². The van der Waals surface area contributed by atoms with E-state index in [0.717, 1.165) is 10.9 Å². The standard InChI is InChI=1S/C19H19ClF5N7O/c20-12-7-15-28-13(10-32(15)27-8-12)16(11-1-3-18(21,22)4-2-11)29-17(33)14-9-26-30-31(14)6-5-19(23,24)25/h7-11,16H,1-6H2,(H,29,33)/t16-/m0/s1. The van der Waals surface area contributed by atoms with Crippen molar-refractivity contribution < 1.29 is 26.7 Å². The molecule has 0 aromatic carbocycles. The van der Waals surface area contributed by atoms with E-state index in [0.29, 0.717) is 16.4 Å². The maximum Gasteiger partial charge on any atom is 0.390 e. The highest BCUT2D eigenvalue weighted by molar-refractivity contribution is 6.30. The number of aryl methyl sites for hydroxylation is 1. The second kappa shape index (κ2) is 8.84. The number of nitrogens with zero attached hydrogens (tertiary/aromatic N) is 6. The molecule has 1 saturated carbocycles. The summed E-state index contributed by atoms with van der Waals surface area (Å²) < 4.78 is 67.6. The Hall–Kier alpha value is -2.83. The molecule has 1 N–H and O–H groups in total. The molecule has 0 radical (unpaired) electrons. The summed E-state index contributed by atoms with van der Waals surface area (Å²) in [6.07, 6.45) is -2.02. The normalized spacial score (nSPS) is 17.9. The zero-order valence-corrected chi connectivity index (χ0v) is 17.8. The van der Waals surface area contributed by atoms with Crippen LogP contribution in [0.15, 0.2) is 24.7 Å². The van der Waals surface area contributed by atoms with Crippen molar-refractivity contribution >= 4 is 23.2 Å². The molecule has 1 aliphatic carbocycles. The summed E-state index contributed by atoms with van der Waals surface area (Å²) in [6, 6.07) is 0.780. The average Bonchev–Trinajstić information content (AvgIpc) is 3.36. The average molecular weight is 492 g/mol. The van der Waals surface area contributed by atoms with Crippen LogP contribution in [0.25, 0.3) is 5.65 Å². The molecular formula is C19H19ClF5N7O. The fourth-order valence-corrected chi connectivity index (χ4v) is 4.04. The summed E-state index contributed by atoms with van der Waals surface area (Å²) >= 11 is 5.95. The molecule has 0 aliphatic heterocycles. The molecule has 178 valence electrons. The van der Waals surface area contributed by atoms with Crippen LogP contribution < -0.4 is 5.32 Å². The van der Waals surface area contributed by atoms with Crippen LogP contribution in [0.4, 0.5) is 22.0 Å². The third kappa shape index (κ3) is 5.57. The van der Waals surface area contributed by atoms with Gasteiger partial charge in [0.1, 0.15) is 5.69 Å². The van der Waals surface area contributed by atoms with Gasteiger partial charge in [-0.1, -0.05) is 16.8 Å². The number of hydrogen-bond donors (Lipinski definition) is 1. The number of nitrogens with one attached hydrogen (secondary N) is 1. The molecule has 1 aliphatic rings. The first-order valence-electron chi connectivity index (χ1n) is 10.2. The summed E-state index contributed by atoms with van der Waals surface area (Å²) in [6.45, 7) is -0.580. The lowest BCUT2D eigenvalue weighted by atomic mass is 9.81. The number of halogens is 6. The minimum absolute atomic E-state index is 0.131. The molecule has 1 atom stereocenters. The highest BCUT2D eigenvalue weighted by Crippen LogP contribution is 2.41. The van der Waals surface area contributed by atoms with Crippen molar-refractivity contribution in [2.24, 2.45) is 5.92 Å². The van der Waals surface area contributed by atoms with Crippen molar-refractivity contribution in [3.05, 3.63) is 41.1 Å². The minimum Gasteiger partial charge on any atom is -0.342 e. The molecule has 1 amide bonds. The smallest absolute Gasteiger partial charge is 0.342 e. The number of fused-ring (bicyclic) bond motifs is 1. The third-order valence-corrected chi connectivity index (χ3v) is 5.81. The molecule has 0 spiro atoms. The summed E-state index contributed by atoms with van der Waals surface area (Å²) in [7, 11) is 0. The van der Waals surface area contributed by atoms with Gasteiger partial charge in [0, 0.05) is 18.9 Å². The molecular weight excluding hydrogens is 473 g/mol. The predicted molar refractivity (Wildman–Crippen MR) is 106 cm³/mol. The maximum atomic E-state index is 13.7. The SMILES string of the molecule is O=C(N[C@H](c1cn2ncc(Cl)cc2n1)C1CCC(F)(F)CC1)c1cnnn1CCC(F)(F)F. The fourth-order valence-electron chi connectivity index (χ4n) is 3.90. The van der Waals surface area contributed by atoms with Crippen molar-refractivity contribution in [3.8, 4) is 0 Å². The largest absolute Gasteiger partial charge is 0.390 e. The molecule has 0 saturated heterocycles. The molecule has 3 aromatic heterocycles. The van der Waals surface area contributed by atoms with Crippen molar-refractivity contribution in [2.45, 2.75) is 56.8 Å². The molecule has 0 bridgehead atoms. The number of rotatable bonds is 6. The Morgan fingerprint density at radius 3 is 2.70 bits per heavy atom. The molecule has 0 unspecified atom stereocenters. The maximum absolute atomic E-state index is 13.7. The van der Waals surface area contributed by atoms with Gasteiger partial charge in [0.15, 0.2) is 5.65 Å². The second-order valence-corrected chi connectivity index (χ2v) is 8.43. The lowest BCUT2D eigenvalue weighted by Gasteiger charge is -2.33. The number of amides is 1. The topological polar surface area (TPSA) is 90.0 Å². The van der Waals surface area contributed by atoms with E-state index < -0.39 is 37.0 Å². The van der Waals surface area contributed by atoms with Gasteiger partial charge < -0.3 is 5.32 Å². The minimum atomic E-state index is -4.43. The van der Waals surface area contributed by atoms with E-state index in [4.69, 9.17) is 11.6 Å². The molecule has 3 aromatic rings. The third-order valence-electron chi connectivity index (χ3n) is 5.60. The molecule has 33 heavy (non-hydrogen) atoms. The van der Waals surface area contributed by atoms with E-state index >= 15 is 0 Å². The molecule has 14 heteroatoms. The van der Waals surface area contributed by atoms with Gasteiger partial charge in [-0.3, -0.25) is 4.79 Å². The van der Waals surface area contributed by atoms with Gasteiger partial charge in [0.2, 0.25) is 5.92 Å². The van der Waals surface area contributed by atoms with Crippen LogP contribution >= 0.6 is 11.6 Å². The van der Waals surface area contributed by atoms with Crippen molar-refractivity contribution in [3.63, 3.8) is 0 Å². The Labute approximate surface area is 189 Å². The second-order valence-electron chi connectivity index (χ2n) is 7.99. The monoisotopic (exact) mass is 491 g/mol. The van der Waals surface area contributed by atoms with Gasteiger partial charge >= 0.3 is 6.18 Å². The van der Waals surface area contributed by atoms with E-state index in [9.17, 15) is 26.7 Å². The number of imidazole rings is 1. The molecule has 1 fully saturated rings. The quantitative estimate of drug-likeness (QED) is 0.521. The van der Waals surface area contributed by atoms with E-state index in [1.54, 1.807) is 12.3 Å². The number of hydrogen-bond acceptors (Lipinski definition) is 5. The van der Waals surface area contributed by atoms with Crippen LogP contribution in [0.2, 0.25) is 5.02 Å². The first-order valence-corrected chi connectivity index (χ1v) is 10.5. The predicted octanol–water partition coefficient (Wildman–Crippen LogP) is 4.22. The van der Waals surface area contributed by atoms with Gasteiger partial charge in [-0.2, -0.15) is 18.3 Å². The fraction of sp³-hybridized carbons (Fsp3) is 0.526. The summed E-state index contributed by atoms with van der Waals surface area (Å²) in [5.41, 5.74) is 0.604. The summed E-state index contributed by atoms with van der Waals surface area (Å²) in [5, 5.41) is 14.3. The van der Waals surface area contributed by atoms with Crippen LogP contribution in [-0.4, -0.2) is 47.6 Å². The lowest BCUT2D eigenvalue weighted by Crippen LogP contribution is -2.38. The van der Waals surface area contributed by atoms with Crippen LogP contribution in [0, 0.1) is 5.92 Å². The lowest BCUT2D eigenvalue weighted by molar-refractivity contribution is -0.137. The Kier molecular flexibility index (Phi) is 6.25. The van der Waals surface area contributed by atoms with Crippen molar-refractivity contribution in [2.75, 3.05) is 0 Å². The summed E-state index contributed by atoms with van der Waals surface area (Å²) in [5.74, 6) is -3.87. The van der Waals surface area contributed by atoms with Crippen LogP contribution in [-0.2, 0) is 6.54 Å². The number of alkyl halides is 5. The van der Waals surface area contributed by atoms with Crippen molar-refractivity contribution in [1.29, 1.82) is 0 Å². The zero-order chi connectivity index (χ0) is 23.8. The van der Waals surface area contributed by atoms with Gasteiger partial charge in [-0.25, -0.2) is 23.0 Å². The van der Waals surface area contributed by atoms with E-state index in [2.05, 4.69) is 25.7 Å². The van der Waals surface area contributed by atoms with Gasteiger partial charge in [-0.05, 0) is 18.8 Å². The van der Waals surface area contributed by atoms with Crippen molar-refractivity contribution in [1.82, 2.24) is 34.9 Å². The number of carbonyl (C=O) groups excluding carboxylic acids is 1. The molecule has 8 nitrogen and oxygen atoms in total. The Morgan fingerprint density at radius 1 is 1.27 bits per heavy atom. The Balaban J connectivity index is 1.60. The van der Waals surface area contributed by atoms with E-state index in [1.165, 1.54) is 10.7 Å². The van der Waals surface area contributed by atoms with Gasteiger partial charge in [-0.15, -0.1) is 5.10 Å². The van der Waals surface area contributed by atoms with E-state index in [1.807, 2.05) is 0 Å². The molecule has 3 heterocycles. The van der Waals surface area contributed by atoms with Gasteiger partial charge in [0.05, 0.1) is 48.3 Å². The first-order chi connectivity index (χ1) is 15.5. The first kappa shape index (κ1) is 23.3. The summed E-state index contributed by atoms with van der Waals surface area (Å²) in [4.78, 5) is 17.4. The highest BCUT2D eigenvalue weighted by atomic mass is 35.5. The molecule has 4 rings (SSSR count). The van der Waals surface area contributed by atoms with E-state index in [-0.39, 0.29) is 37.3 Å². The van der Waals surface area contributed by atoms with Crippen LogP contribution in [0.5, 0.6) is 0 Å². The zero-order valence-electron chi connectivity index (χ0n) is 17.1. The Morgan fingerprint density at radius 2 is 2.00 bits per heavy atom. The Bertz CT molecular complexity index is 1140. The number of aromatic nitrogens is 6. The van der Waals surface area contributed by atoms with Crippen LogP contribution in [0.3, 0.4) is 0 Å². The van der Waals surface area contributed by atoms with Crippen LogP contribution in [0.1, 0.15) is 54.3 Å².